The van der Waals surface area contributed by atoms with E-state index in [0.717, 1.165) is 10.0 Å². The molecule has 0 aliphatic carbocycles. The Labute approximate surface area is 215 Å². The molecule has 0 saturated carbocycles. The molecule has 0 aliphatic rings. The number of hydrogen-bond donors (Lipinski definition) is 2. The summed E-state index contributed by atoms with van der Waals surface area (Å²) in [6.07, 6.45) is 0. The molecule has 1 atom stereocenters. The van der Waals surface area contributed by atoms with Crippen molar-refractivity contribution in [1.82, 2.24) is 20.1 Å². The molecule has 35 heavy (non-hydrogen) atoms. The van der Waals surface area contributed by atoms with Crippen LogP contribution >= 0.6 is 27.7 Å². The summed E-state index contributed by atoms with van der Waals surface area (Å²) in [6, 6.07) is 10.6. The molecule has 0 unspecified atom stereocenters. The number of nitro groups is 1. The summed E-state index contributed by atoms with van der Waals surface area (Å²) < 4.78 is 2.70. The van der Waals surface area contributed by atoms with Crippen molar-refractivity contribution in [2.24, 2.45) is 13.0 Å². The Balaban J connectivity index is 1.68. The molecule has 0 bridgehead atoms. The number of nitrogens with zero attached hydrogens (tertiary/aromatic N) is 4. The highest BCUT2D eigenvalue weighted by Gasteiger charge is 2.26. The molecule has 3 rings (SSSR count). The summed E-state index contributed by atoms with van der Waals surface area (Å²) in [5.74, 6) is -0.0185. The number of amides is 2. The standard InChI is InChI=1S/C23H25BrN6O4S/c1-13(2)20(26-22(32)15-6-5-7-17(11-15)30(33)34)21-27-28-23(29(21)4)35-12-19(31)25-16-8-9-18(24)14(3)10-16/h5-11,13,20H,12H2,1-4H3,(H,25,31)(H,26,32)/t20-/m1/s1. The molecule has 10 nitrogen and oxygen atoms in total. The van der Waals surface area contributed by atoms with Gasteiger partial charge in [-0.3, -0.25) is 19.7 Å². The fraction of sp³-hybridized carbons (Fsp3) is 0.304. The Morgan fingerprint density at radius 3 is 2.60 bits per heavy atom. The molecular weight excluding hydrogens is 536 g/mol. The lowest BCUT2D eigenvalue weighted by molar-refractivity contribution is -0.384. The number of aromatic nitrogens is 3. The Kier molecular flexibility index (Phi) is 8.62. The second-order valence-corrected chi connectivity index (χ2v) is 10.0. The molecule has 0 saturated heterocycles. The highest BCUT2D eigenvalue weighted by Crippen LogP contribution is 2.25. The van der Waals surface area contributed by atoms with Gasteiger partial charge in [0.25, 0.3) is 11.6 Å². The van der Waals surface area contributed by atoms with Crippen LogP contribution in [0.15, 0.2) is 52.1 Å². The van der Waals surface area contributed by atoms with Crippen molar-refractivity contribution in [1.29, 1.82) is 0 Å². The number of halogens is 1. The lowest BCUT2D eigenvalue weighted by Gasteiger charge is -2.21. The van der Waals surface area contributed by atoms with Crippen LogP contribution in [0.2, 0.25) is 0 Å². The van der Waals surface area contributed by atoms with Crippen molar-refractivity contribution in [3.05, 3.63) is 74.0 Å². The van der Waals surface area contributed by atoms with Gasteiger partial charge in [0.1, 0.15) is 0 Å². The molecule has 0 spiro atoms. The van der Waals surface area contributed by atoms with Crippen LogP contribution in [0.5, 0.6) is 0 Å². The van der Waals surface area contributed by atoms with Gasteiger partial charge in [0.15, 0.2) is 11.0 Å². The molecule has 12 heteroatoms. The monoisotopic (exact) mass is 560 g/mol. The van der Waals surface area contributed by atoms with E-state index < -0.39 is 16.9 Å². The van der Waals surface area contributed by atoms with Crippen molar-refractivity contribution < 1.29 is 14.5 Å². The van der Waals surface area contributed by atoms with Crippen LogP contribution in [0, 0.1) is 23.0 Å². The Morgan fingerprint density at radius 1 is 1.20 bits per heavy atom. The number of benzene rings is 2. The Hall–Kier alpha value is -3.25. The summed E-state index contributed by atoms with van der Waals surface area (Å²) >= 11 is 4.67. The maximum absolute atomic E-state index is 12.8. The predicted molar refractivity (Wildman–Crippen MR) is 137 cm³/mol. The van der Waals surface area contributed by atoms with Crippen LogP contribution in [-0.4, -0.2) is 37.3 Å². The zero-order valence-corrected chi connectivity index (χ0v) is 22.0. The van der Waals surface area contributed by atoms with Gasteiger partial charge in [-0.15, -0.1) is 10.2 Å². The van der Waals surface area contributed by atoms with E-state index in [9.17, 15) is 19.7 Å². The van der Waals surface area contributed by atoms with E-state index in [1.807, 2.05) is 39.0 Å². The number of carbonyl (C=O) groups is 2. The average Bonchev–Trinajstić information content (AvgIpc) is 3.18. The molecule has 2 amide bonds. The van der Waals surface area contributed by atoms with Crippen molar-refractivity contribution in [3.8, 4) is 0 Å². The van der Waals surface area contributed by atoms with E-state index in [-0.39, 0.29) is 28.8 Å². The highest BCUT2D eigenvalue weighted by atomic mass is 79.9. The molecule has 0 fully saturated rings. The number of rotatable bonds is 9. The van der Waals surface area contributed by atoms with E-state index in [0.29, 0.717) is 16.7 Å². The molecule has 1 heterocycles. The van der Waals surface area contributed by atoms with Gasteiger partial charge < -0.3 is 15.2 Å². The van der Waals surface area contributed by atoms with Crippen LogP contribution in [0.3, 0.4) is 0 Å². The van der Waals surface area contributed by atoms with Crippen LogP contribution in [-0.2, 0) is 11.8 Å². The second-order valence-electron chi connectivity index (χ2n) is 8.20. The van der Waals surface area contributed by atoms with Crippen LogP contribution in [0.25, 0.3) is 0 Å². The zero-order valence-electron chi connectivity index (χ0n) is 19.6. The van der Waals surface area contributed by atoms with Gasteiger partial charge in [0.2, 0.25) is 5.91 Å². The van der Waals surface area contributed by atoms with Gasteiger partial charge in [-0.1, -0.05) is 47.6 Å². The molecular formula is C23H25BrN6O4S. The number of hydrogen-bond acceptors (Lipinski definition) is 7. The van der Waals surface area contributed by atoms with Gasteiger partial charge in [0.05, 0.1) is 16.7 Å². The number of carbonyl (C=O) groups excluding carboxylic acids is 2. The zero-order chi connectivity index (χ0) is 25.7. The minimum atomic E-state index is -0.545. The number of thioether (sulfide) groups is 1. The first-order chi connectivity index (χ1) is 16.6. The molecule has 0 aliphatic heterocycles. The van der Waals surface area contributed by atoms with Crippen LogP contribution < -0.4 is 10.6 Å². The molecule has 1 aromatic heterocycles. The minimum Gasteiger partial charge on any atom is -0.342 e. The van der Waals surface area contributed by atoms with Crippen LogP contribution in [0.1, 0.15) is 41.6 Å². The first kappa shape index (κ1) is 26.4. The molecule has 2 N–H and O–H groups in total. The third kappa shape index (κ3) is 6.67. The number of non-ortho nitro benzene ring substituents is 1. The quantitative estimate of drug-likeness (QED) is 0.221. The van der Waals surface area contributed by atoms with E-state index in [4.69, 9.17) is 0 Å². The van der Waals surface area contributed by atoms with E-state index >= 15 is 0 Å². The lowest BCUT2D eigenvalue weighted by atomic mass is 10.0. The van der Waals surface area contributed by atoms with Gasteiger partial charge in [-0.25, -0.2) is 0 Å². The fourth-order valence-corrected chi connectivity index (χ4v) is 4.25. The average molecular weight is 561 g/mol. The van der Waals surface area contributed by atoms with Crippen molar-refractivity contribution in [2.75, 3.05) is 11.1 Å². The highest BCUT2D eigenvalue weighted by molar-refractivity contribution is 9.10. The summed E-state index contributed by atoms with van der Waals surface area (Å²) in [4.78, 5) is 35.7. The lowest BCUT2D eigenvalue weighted by Crippen LogP contribution is -2.33. The van der Waals surface area contributed by atoms with Gasteiger partial charge >= 0.3 is 0 Å². The fourth-order valence-electron chi connectivity index (χ4n) is 3.29. The minimum absolute atomic E-state index is 0.0395. The van der Waals surface area contributed by atoms with Gasteiger partial charge in [-0.05, 0) is 42.7 Å². The molecule has 3 aromatic rings. The van der Waals surface area contributed by atoms with E-state index in [1.54, 1.807) is 11.6 Å². The smallest absolute Gasteiger partial charge is 0.270 e. The van der Waals surface area contributed by atoms with Gasteiger partial charge in [-0.2, -0.15) is 0 Å². The van der Waals surface area contributed by atoms with Crippen molar-refractivity contribution in [3.63, 3.8) is 0 Å². The number of nitrogens with one attached hydrogen (secondary N) is 2. The third-order valence-electron chi connectivity index (χ3n) is 5.19. The Bertz CT molecular complexity index is 1260. The summed E-state index contributed by atoms with van der Waals surface area (Å²) in [6.45, 7) is 5.79. The predicted octanol–water partition coefficient (Wildman–Crippen LogP) is 4.65. The normalized spacial score (nSPS) is 11.8. The molecule has 184 valence electrons. The maximum Gasteiger partial charge on any atom is 0.270 e. The summed E-state index contributed by atoms with van der Waals surface area (Å²) in [5, 5.41) is 25.8. The van der Waals surface area contributed by atoms with Crippen LogP contribution in [0.4, 0.5) is 11.4 Å². The van der Waals surface area contributed by atoms with Gasteiger partial charge in [0, 0.05) is 34.9 Å². The third-order valence-corrected chi connectivity index (χ3v) is 7.10. The number of nitro benzene ring substituents is 1. The molecule has 0 radical (unpaired) electrons. The Morgan fingerprint density at radius 2 is 1.94 bits per heavy atom. The second kappa shape index (κ2) is 11.5. The number of aryl methyl sites for hydroxylation is 1. The van der Waals surface area contributed by atoms with E-state index in [1.165, 1.54) is 36.0 Å². The SMILES string of the molecule is Cc1cc(NC(=O)CSc2nnc([C@H](NC(=O)c3cccc([N+](=O)[O-])c3)C(C)C)n2C)ccc1Br. The van der Waals surface area contributed by atoms with Crippen molar-refractivity contribution in [2.45, 2.75) is 32.0 Å². The van der Waals surface area contributed by atoms with Crippen molar-refractivity contribution >= 4 is 50.9 Å². The topological polar surface area (TPSA) is 132 Å². The summed E-state index contributed by atoms with van der Waals surface area (Å²) in [7, 11) is 1.77. The number of anilines is 1. The first-order valence-corrected chi connectivity index (χ1v) is 12.5. The maximum atomic E-state index is 12.8. The summed E-state index contributed by atoms with van der Waals surface area (Å²) in [5.41, 5.74) is 1.74. The molecule has 2 aromatic carbocycles. The van der Waals surface area contributed by atoms with E-state index in [2.05, 4.69) is 36.8 Å². The largest absolute Gasteiger partial charge is 0.342 e. The first-order valence-electron chi connectivity index (χ1n) is 10.7.